The summed E-state index contributed by atoms with van der Waals surface area (Å²) in [5.41, 5.74) is 6.18. The Balaban J connectivity index is 1.78. The van der Waals surface area contributed by atoms with E-state index in [2.05, 4.69) is 0 Å². The van der Waals surface area contributed by atoms with Crippen molar-refractivity contribution in [3.63, 3.8) is 0 Å². The van der Waals surface area contributed by atoms with Crippen molar-refractivity contribution in [1.29, 1.82) is 0 Å². The quantitative estimate of drug-likeness (QED) is 0.565. The fraction of sp³-hybridized carbons (Fsp3) is 0.286. The van der Waals surface area contributed by atoms with Crippen LogP contribution in [0.25, 0.3) is 0 Å². The van der Waals surface area contributed by atoms with Gasteiger partial charge in [-0.05, 0) is 11.6 Å². The number of aldehydes is 1. The van der Waals surface area contributed by atoms with Crippen LogP contribution in [-0.4, -0.2) is 56.2 Å². The molecule has 3 rings (SSSR count). The van der Waals surface area contributed by atoms with E-state index < -0.39 is 23.0 Å². The molecule has 2 aliphatic rings. The molecule has 1 aromatic heterocycles. The highest BCUT2D eigenvalue weighted by atomic mass is 32.2. The topological polar surface area (TPSA) is 131 Å². The molecule has 0 aromatic carbocycles. The van der Waals surface area contributed by atoms with Crippen LogP contribution in [0, 0.1) is 0 Å². The van der Waals surface area contributed by atoms with Crippen LogP contribution in [0.4, 0.5) is 0 Å². The SMILES string of the molecule is NC1C(=O)N2C(C(=O)O)=C(CSC(=O)c3ccoc3C=O)CS[C@@H]12. The maximum absolute atomic E-state index is 12.1. The van der Waals surface area contributed by atoms with Crippen LogP contribution >= 0.6 is 23.5 Å². The maximum Gasteiger partial charge on any atom is 0.352 e. The van der Waals surface area contributed by atoms with Crippen molar-refractivity contribution < 1.29 is 28.7 Å². The fourth-order valence-corrected chi connectivity index (χ4v) is 4.79. The lowest BCUT2D eigenvalue weighted by Gasteiger charge is -2.48. The predicted octanol–water partition coefficient (Wildman–Crippen LogP) is 0.547. The third-order valence-corrected chi connectivity index (χ3v) is 6.03. The summed E-state index contributed by atoms with van der Waals surface area (Å²) in [6.45, 7) is 0. The number of nitrogens with two attached hydrogens (primary N) is 1. The van der Waals surface area contributed by atoms with E-state index in [9.17, 15) is 24.3 Å². The van der Waals surface area contributed by atoms with Gasteiger partial charge in [0.2, 0.25) is 11.0 Å². The number of hydrogen-bond donors (Lipinski definition) is 2. The number of carboxylic acid groups (broad SMARTS) is 1. The summed E-state index contributed by atoms with van der Waals surface area (Å²) in [5, 5.41) is 8.64. The van der Waals surface area contributed by atoms with Crippen molar-refractivity contribution in [3.8, 4) is 0 Å². The molecular weight excluding hydrogens is 356 g/mol. The van der Waals surface area contributed by atoms with Crippen molar-refractivity contribution in [1.82, 2.24) is 4.90 Å². The Morgan fingerprint density at radius 2 is 2.29 bits per heavy atom. The number of furan rings is 1. The molecule has 0 radical (unpaired) electrons. The zero-order valence-electron chi connectivity index (χ0n) is 12.1. The molecule has 24 heavy (non-hydrogen) atoms. The van der Waals surface area contributed by atoms with Crippen molar-refractivity contribution in [2.45, 2.75) is 11.4 Å². The molecule has 2 atom stereocenters. The Morgan fingerprint density at radius 1 is 1.54 bits per heavy atom. The Labute approximate surface area is 144 Å². The number of carboxylic acids is 1. The molecule has 1 fully saturated rings. The zero-order chi connectivity index (χ0) is 17.4. The van der Waals surface area contributed by atoms with Crippen molar-refractivity contribution in [2.24, 2.45) is 5.73 Å². The fourth-order valence-electron chi connectivity index (χ4n) is 2.50. The van der Waals surface area contributed by atoms with Crippen molar-refractivity contribution in [3.05, 3.63) is 34.9 Å². The van der Waals surface area contributed by atoms with Crippen LogP contribution in [0.2, 0.25) is 0 Å². The molecule has 126 valence electrons. The standard InChI is InChI=1S/C14H12N2O6S2/c15-9-11(18)16-10(13(19)20)6(4-23-12(9)16)5-24-14(21)7-1-2-22-8(7)3-17/h1-3,9,12H,4-5,15H2,(H,19,20)/t9?,12-/m0/s1. The normalized spacial score (nSPS) is 22.9. The minimum absolute atomic E-state index is 0.0677. The number of thioether (sulfide) groups is 2. The van der Waals surface area contributed by atoms with E-state index in [0.717, 1.165) is 11.8 Å². The lowest BCUT2D eigenvalue weighted by atomic mass is 10.0. The van der Waals surface area contributed by atoms with Crippen molar-refractivity contribution in [2.75, 3.05) is 11.5 Å². The average Bonchev–Trinajstić information content (AvgIpc) is 3.06. The first kappa shape index (κ1) is 16.8. The minimum Gasteiger partial charge on any atom is -0.477 e. The van der Waals surface area contributed by atoms with Crippen LogP contribution < -0.4 is 5.73 Å². The molecule has 1 unspecified atom stereocenters. The molecular formula is C14H12N2O6S2. The minimum atomic E-state index is -1.22. The highest BCUT2D eigenvalue weighted by Gasteiger charge is 2.51. The van der Waals surface area contributed by atoms with E-state index in [1.54, 1.807) is 0 Å². The van der Waals surface area contributed by atoms with E-state index in [0.29, 0.717) is 17.6 Å². The van der Waals surface area contributed by atoms with Gasteiger partial charge in [-0.2, -0.15) is 0 Å². The molecule has 2 aliphatic heterocycles. The van der Waals surface area contributed by atoms with Crippen LogP contribution in [0.15, 0.2) is 28.0 Å². The summed E-state index contributed by atoms with van der Waals surface area (Å²) in [4.78, 5) is 47.5. The number of carbonyl (C=O) groups is 4. The number of rotatable bonds is 5. The second-order valence-electron chi connectivity index (χ2n) is 5.09. The van der Waals surface area contributed by atoms with Crippen LogP contribution in [-0.2, 0) is 9.59 Å². The van der Waals surface area contributed by atoms with E-state index in [1.807, 2.05) is 0 Å². The number of amides is 1. The van der Waals surface area contributed by atoms with Crippen molar-refractivity contribution >= 4 is 46.8 Å². The van der Waals surface area contributed by atoms with E-state index in [4.69, 9.17) is 10.2 Å². The van der Waals surface area contributed by atoms with E-state index in [1.165, 1.54) is 29.0 Å². The van der Waals surface area contributed by atoms with Crippen LogP contribution in [0.3, 0.4) is 0 Å². The Bertz CT molecular complexity index is 771. The number of aliphatic carboxylic acids is 1. The molecule has 0 spiro atoms. The summed E-state index contributed by atoms with van der Waals surface area (Å²) in [6.07, 6.45) is 1.68. The predicted molar refractivity (Wildman–Crippen MR) is 86.6 cm³/mol. The Hall–Kier alpha value is -2.04. The van der Waals surface area contributed by atoms with Gasteiger partial charge in [0.15, 0.2) is 12.0 Å². The van der Waals surface area contributed by atoms with Gasteiger partial charge in [-0.3, -0.25) is 19.3 Å². The average molecular weight is 368 g/mol. The third kappa shape index (κ3) is 2.66. The van der Waals surface area contributed by atoms with E-state index in [-0.39, 0.29) is 28.1 Å². The van der Waals surface area contributed by atoms with Gasteiger partial charge in [0, 0.05) is 11.5 Å². The van der Waals surface area contributed by atoms with E-state index >= 15 is 0 Å². The van der Waals surface area contributed by atoms with Crippen LogP contribution in [0.5, 0.6) is 0 Å². The van der Waals surface area contributed by atoms with Gasteiger partial charge >= 0.3 is 5.97 Å². The van der Waals surface area contributed by atoms with Gasteiger partial charge in [-0.25, -0.2) is 4.79 Å². The molecule has 0 bridgehead atoms. The first-order chi connectivity index (χ1) is 11.5. The second-order valence-corrected chi connectivity index (χ2v) is 7.14. The van der Waals surface area contributed by atoms with Gasteiger partial charge in [-0.15, -0.1) is 11.8 Å². The lowest BCUT2D eigenvalue weighted by Crippen LogP contribution is -2.68. The smallest absolute Gasteiger partial charge is 0.352 e. The third-order valence-electron chi connectivity index (χ3n) is 3.69. The van der Waals surface area contributed by atoms with Crippen LogP contribution in [0.1, 0.15) is 20.9 Å². The van der Waals surface area contributed by atoms with Gasteiger partial charge in [-0.1, -0.05) is 11.8 Å². The van der Waals surface area contributed by atoms with Gasteiger partial charge in [0.25, 0.3) is 0 Å². The Morgan fingerprint density at radius 3 is 2.96 bits per heavy atom. The number of hydrogen-bond acceptors (Lipinski definition) is 8. The summed E-state index contributed by atoms with van der Waals surface area (Å²) < 4.78 is 4.87. The highest BCUT2D eigenvalue weighted by Crippen LogP contribution is 2.40. The molecule has 3 N–H and O–H groups in total. The summed E-state index contributed by atoms with van der Waals surface area (Å²) in [5.74, 6) is -1.25. The molecule has 3 heterocycles. The number of nitrogens with zero attached hydrogens (tertiary/aromatic N) is 1. The first-order valence-corrected chi connectivity index (χ1v) is 8.84. The monoisotopic (exact) mass is 368 g/mol. The zero-order valence-corrected chi connectivity index (χ0v) is 13.8. The number of carbonyl (C=O) groups excluding carboxylic acids is 3. The highest BCUT2D eigenvalue weighted by molar-refractivity contribution is 8.14. The number of fused-ring (bicyclic) bond motifs is 1. The molecule has 10 heteroatoms. The molecule has 1 aromatic rings. The summed E-state index contributed by atoms with van der Waals surface area (Å²) in [6, 6.07) is 0.691. The summed E-state index contributed by atoms with van der Waals surface area (Å²) in [7, 11) is 0. The first-order valence-electron chi connectivity index (χ1n) is 6.81. The van der Waals surface area contributed by atoms with Gasteiger partial charge in [0.1, 0.15) is 17.1 Å². The molecule has 0 aliphatic carbocycles. The molecule has 8 nitrogen and oxygen atoms in total. The van der Waals surface area contributed by atoms with Gasteiger partial charge in [0.05, 0.1) is 11.8 Å². The number of β-lactam (4-membered cyclic amide) rings is 1. The molecule has 0 saturated carbocycles. The molecule has 1 saturated heterocycles. The summed E-state index contributed by atoms with van der Waals surface area (Å²) >= 11 is 2.23. The lowest BCUT2D eigenvalue weighted by molar-refractivity contribution is -0.147. The molecule has 1 amide bonds. The maximum atomic E-state index is 12.1. The van der Waals surface area contributed by atoms with Gasteiger partial charge < -0.3 is 15.3 Å². The largest absolute Gasteiger partial charge is 0.477 e. The Kier molecular flexibility index (Phi) is 4.52. The second kappa shape index (κ2) is 6.46.